The molecule has 2 nitrogen and oxygen atoms in total. The summed E-state index contributed by atoms with van der Waals surface area (Å²) in [4.78, 5) is 0. The van der Waals surface area contributed by atoms with Gasteiger partial charge >= 0.3 is 0 Å². The number of nitrogens with two attached hydrogens (primary N) is 1. The van der Waals surface area contributed by atoms with Crippen LogP contribution in [0.5, 0.6) is 0 Å². The lowest BCUT2D eigenvalue weighted by molar-refractivity contribution is 0.596. The van der Waals surface area contributed by atoms with Gasteiger partial charge in [0.25, 0.3) is 0 Å². The molecule has 1 unspecified atom stereocenters. The molecule has 0 aliphatic heterocycles. The third-order valence-electron chi connectivity index (χ3n) is 2.98. The summed E-state index contributed by atoms with van der Waals surface area (Å²) >= 11 is 3.37. The minimum atomic E-state index is -0.411. The fourth-order valence-corrected chi connectivity index (χ4v) is 2.52. The van der Waals surface area contributed by atoms with Crippen LogP contribution in [0.15, 0.2) is 40.9 Å². The maximum atomic E-state index is 13.4. The van der Waals surface area contributed by atoms with Gasteiger partial charge in [-0.25, -0.2) is 14.2 Å². The van der Waals surface area contributed by atoms with Crippen LogP contribution in [0, 0.1) is 18.6 Å². The summed E-state index contributed by atoms with van der Waals surface area (Å²) in [7, 11) is 0. The predicted molar refractivity (Wildman–Crippen MR) is 74.4 cm³/mol. The van der Waals surface area contributed by atoms with Crippen LogP contribution in [-0.2, 0) is 0 Å². The Balaban J connectivity index is 2.52. The number of hydrazine groups is 1. The first kappa shape index (κ1) is 14.1. The molecule has 0 heterocycles. The second kappa shape index (κ2) is 5.77. The van der Waals surface area contributed by atoms with Gasteiger partial charge in [0.05, 0.1) is 6.04 Å². The molecule has 3 N–H and O–H groups in total. The van der Waals surface area contributed by atoms with E-state index in [2.05, 4.69) is 21.4 Å². The summed E-state index contributed by atoms with van der Waals surface area (Å²) in [5.74, 6) is 4.92. The molecule has 19 heavy (non-hydrogen) atoms. The molecular formula is C14H13BrF2N2. The molecule has 1 atom stereocenters. The topological polar surface area (TPSA) is 38.0 Å². The van der Waals surface area contributed by atoms with Crippen molar-refractivity contribution in [1.82, 2.24) is 5.43 Å². The van der Waals surface area contributed by atoms with Gasteiger partial charge in [0, 0.05) is 4.47 Å². The number of rotatable bonds is 3. The molecule has 2 aromatic rings. The number of aryl methyl sites for hydroxylation is 1. The largest absolute Gasteiger partial charge is 0.271 e. The van der Waals surface area contributed by atoms with Gasteiger partial charge in [-0.15, -0.1) is 0 Å². The Morgan fingerprint density at radius 3 is 2.32 bits per heavy atom. The van der Waals surface area contributed by atoms with Crippen LogP contribution in [0.4, 0.5) is 8.78 Å². The van der Waals surface area contributed by atoms with Gasteiger partial charge < -0.3 is 0 Å². The number of hydrogen-bond acceptors (Lipinski definition) is 2. The monoisotopic (exact) mass is 326 g/mol. The Bertz CT molecular complexity index is 602. The van der Waals surface area contributed by atoms with E-state index in [1.165, 1.54) is 24.3 Å². The molecule has 0 aliphatic carbocycles. The molecule has 0 aliphatic rings. The van der Waals surface area contributed by atoms with E-state index in [9.17, 15) is 8.78 Å². The Labute approximate surface area is 118 Å². The first-order valence-corrected chi connectivity index (χ1v) is 6.49. The van der Waals surface area contributed by atoms with Gasteiger partial charge in [-0.05, 0) is 53.9 Å². The van der Waals surface area contributed by atoms with Crippen molar-refractivity contribution < 1.29 is 8.78 Å². The smallest absolute Gasteiger partial charge is 0.123 e. The van der Waals surface area contributed by atoms with Crippen molar-refractivity contribution in [3.63, 3.8) is 0 Å². The molecule has 0 amide bonds. The van der Waals surface area contributed by atoms with Gasteiger partial charge in [0.2, 0.25) is 0 Å². The molecule has 0 saturated heterocycles. The van der Waals surface area contributed by atoms with Crippen molar-refractivity contribution in [1.29, 1.82) is 0 Å². The van der Waals surface area contributed by atoms with E-state index in [-0.39, 0.29) is 11.6 Å². The zero-order chi connectivity index (χ0) is 14.0. The lowest BCUT2D eigenvalue weighted by Crippen LogP contribution is -2.29. The zero-order valence-electron chi connectivity index (χ0n) is 10.3. The summed E-state index contributed by atoms with van der Waals surface area (Å²) in [5, 5.41) is 0. The highest BCUT2D eigenvalue weighted by atomic mass is 79.9. The molecule has 5 heteroatoms. The van der Waals surface area contributed by atoms with Gasteiger partial charge in [-0.1, -0.05) is 22.0 Å². The van der Waals surface area contributed by atoms with Crippen molar-refractivity contribution in [2.45, 2.75) is 13.0 Å². The first-order valence-electron chi connectivity index (χ1n) is 5.70. The highest BCUT2D eigenvalue weighted by molar-refractivity contribution is 9.10. The lowest BCUT2D eigenvalue weighted by atomic mass is 9.95. The van der Waals surface area contributed by atoms with Gasteiger partial charge in [-0.3, -0.25) is 5.84 Å². The maximum Gasteiger partial charge on any atom is 0.123 e. The maximum absolute atomic E-state index is 13.4. The van der Waals surface area contributed by atoms with Crippen LogP contribution in [0.3, 0.4) is 0 Å². The third kappa shape index (κ3) is 3.00. The fourth-order valence-electron chi connectivity index (χ4n) is 2.05. The number of halogens is 3. The SMILES string of the molecule is Cc1cc(F)ccc1C(NN)c1cc(F)ccc1Br. The minimum Gasteiger partial charge on any atom is -0.271 e. The number of hydrogen-bond donors (Lipinski definition) is 2. The van der Waals surface area contributed by atoms with Crippen molar-refractivity contribution in [2.75, 3.05) is 0 Å². The quantitative estimate of drug-likeness (QED) is 0.668. The Hall–Kier alpha value is -1.30. The second-order valence-electron chi connectivity index (χ2n) is 4.27. The summed E-state index contributed by atoms with van der Waals surface area (Å²) in [6.07, 6.45) is 0. The van der Waals surface area contributed by atoms with Gasteiger partial charge in [0.15, 0.2) is 0 Å². The van der Waals surface area contributed by atoms with Crippen LogP contribution in [-0.4, -0.2) is 0 Å². The van der Waals surface area contributed by atoms with Gasteiger partial charge in [-0.2, -0.15) is 0 Å². The average Bonchev–Trinajstić information content (AvgIpc) is 2.36. The van der Waals surface area contributed by atoms with E-state index >= 15 is 0 Å². The predicted octanol–water partition coefficient (Wildman–Crippen LogP) is 3.59. The standard InChI is InChI=1S/C14H13BrF2N2/c1-8-6-9(16)2-4-11(8)14(19-18)12-7-10(17)3-5-13(12)15/h2-7,14,19H,18H2,1H3. The summed E-state index contributed by atoms with van der Waals surface area (Å²) in [5.41, 5.74) is 4.86. The summed E-state index contributed by atoms with van der Waals surface area (Å²) < 4.78 is 27.3. The third-order valence-corrected chi connectivity index (χ3v) is 3.70. The molecule has 0 aromatic heterocycles. The van der Waals surface area contributed by atoms with E-state index in [1.54, 1.807) is 19.1 Å². The van der Waals surface area contributed by atoms with Crippen LogP contribution < -0.4 is 11.3 Å². The van der Waals surface area contributed by atoms with E-state index in [4.69, 9.17) is 5.84 Å². The summed E-state index contributed by atoms with van der Waals surface area (Å²) in [6, 6.07) is 8.40. The van der Waals surface area contributed by atoms with Crippen molar-refractivity contribution in [2.24, 2.45) is 5.84 Å². The Morgan fingerprint density at radius 1 is 1.05 bits per heavy atom. The normalized spacial score (nSPS) is 12.5. The van der Waals surface area contributed by atoms with E-state index in [1.807, 2.05) is 0 Å². The molecular weight excluding hydrogens is 314 g/mol. The van der Waals surface area contributed by atoms with Crippen LogP contribution in [0.1, 0.15) is 22.7 Å². The molecule has 2 rings (SSSR count). The minimum absolute atomic E-state index is 0.310. The van der Waals surface area contributed by atoms with Crippen LogP contribution in [0.25, 0.3) is 0 Å². The zero-order valence-corrected chi connectivity index (χ0v) is 11.8. The highest BCUT2D eigenvalue weighted by Crippen LogP contribution is 2.30. The first-order chi connectivity index (χ1) is 9.02. The Kier molecular flexibility index (Phi) is 4.29. The second-order valence-corrected chi connectivity index (χ2v) is 5.12. The molecule has 0 fully saturated rings. The Morgan fingerprint density at radius 2 is 1.68 bits per heavy atom. The fraction of sp³-hybridized carbons (Fsp3) is 0.143. The van der Waals surface area contributed by atoms with Gasteiger partial charge in [0.1, 0.15) is 11.6 Å². The van der Waals surface area contributed by atoms with E-state index in [0.29, 0.717) is 5.56 Å². The molecule has 100 valence electrons. The molecule has 0 saturated carbocycles. The molecule has 0 radical (unpaired) electrons. The number of nitrogens with one attached hydrogen (secondary N) is 1. The van der Waals surface area contributed by atoms with Crippen LogP contribution >= 0.6 is 15.9 Å². The van der Waals surface area contributed by atoms with E-state index in [0.717, 1.165) is 15.6 Å². The highest BCUT2D eigenvalue weighted by Gasteiger charge is 2.18. The summed E-state index contributed by atoms with van der Waals surface area (Å²) in [6.45, 7) is 1.79. The molecule has 0 bridgehead atoms. The number of benzene rings is 2. The van der Waals surface area contributed by atoms with Crippen molar-refractivity contribution in [3.05, 3.63) is 69.2 Å². The van der Waals surface area contributed by atoms with Crippen LogP contribution in [0.2, 0.25) is 0 Å². The van der Waals surface area contributed by atoms with Crippen molar-refractivity contribution in [3.8, 4) is 0 Å². The van der Waals surface area contributed by atoms with E-state index < -0.39 is 6.04 Å². The molecule has 2 aromatic carbocycles. The lowest BCUT2D eigenvalue weighted by Gasteiger charge is -2.20. The average molecular weight is 327 g/mol. The molecule has 0 spiro atoms. The van der Waals surface area contributed by atoms with Crippen molar-refractivity contribution >= 4 is 15.9 Å².